The van der Waals surface area contributed by atoms with E-state index in [1.807, 2.05) is 0 Å². The lowest BCUT2D eigenvalue weighted by molar-refractivity contribution is 0.0697. The fraction of sp³-hybridized carbons (Fsp3) is 0.214. The van der Waals surface area contributed by atoms with Gasteiger partial charge in [-0.2, -0.15) is 4.98 Å². The number of benzene rings is 1. The molecule has 0 bridgehead atoms. The van der Waals surface area contributed by atoms with Crippen LogP contribution < -0.4 is 4.74 Å². The van der Waals surface area contributed by atoms with E-state index in [2.05, 4.69) is 9.97 Å². The van der Waals surface area contributed by atoms with E-state index in [1.165, 1.54) is 12.1 Å². The molecule has 1 N–H and O–H groups in total. The van der Waals surface area contributed by atoms with Gasteiger partial charge in [0, 0.05) is 5.56 Å². The SMILES string of the molecule is O=C(O)c1ccc(Oc2nc(Cl)nc3c2CCC3)cc1. The molecule has 1 heterocycles. The fourth-order valence-electron chi connectivity index (χ4n) is 2.23. The first-order valence-corrected chi connectivity index (χ1v) is 6.58. The minimum atomic E-state index is -0.970. The Morgan fingerprint density at radius 3 is 2.65 bits per heavy atom. The minimum Gasteiger partial charge on any atom is -0.478 e. The molecule has 20 heavy (non-hydrogen) atoms. The summed E-state index contributed by atoms with van der Waals surface area (Å²) in [4.78, 5) is 19.1. The third-order valence-electron chi connectivity index (χ3n) is 3.18. The third-order valence-corrected chi connectivity index (χ3v) is 3.35. The Labute approximate surface area is 120 Å². The molecule has 5 nitrogen and oxygen atoms in total. The molecule has 2 aromatic rings. The smallest absolute Gasteiger partial charge is 0.335 e. The van der Waals surface area contributed by atoms with Crippen molar-refractivity contribution in [2.75, 3.05) is 0 Å². The zero-order valence-corrected chi connectivity index (χ0v) is 11.2. The van der Waals surface area contributed by atoms with E-state index >= 15 is 0 Å². The van der Waals surface area contributed by atoms with Crippen molar-refractivity contribution in [1.29, 1.82) is 0 Å². The lowest BCUT2D eigenvalue weighted by atomic mass is 10.2. The molecule has 102 valence electrons. The number of hydrogen-bond acceptors (Lipinski definition) is 4. The van der Waals surface area contributed by atoms with Crippen molar-refractivity contribution in [3.8, 4) is 11.6 Å². The van der Waals surface area contributed by atoms with Crippen LogP contribution in [0, 0.1) is 0 Å². The molecule has 1 aromatic heterocycles. The molecule has 0 atom stereocenters. The number of fused-ring (bicyclic) bond motifs is 1. The van der Waals surface area contributed by atoms with Gasteiger partial charge in [0.05, 0.1) is 11.3 Å². The van der Waals surface area contributed by atoms with E-state index in [0.29, 0.717) is 11.6 Å². The summed E-state index contributed by atoms with van der Waals surface area (Å²) in [5.41, 5.74) is 2.13. The summed E-state index contributed by atoms with van der Waals surface area (Å²) in [7, 11) is 0. The predicted molar refractivity (Wildman–Crippen MR) is 72.5 cm³/mol. The van der Waals surface area contributed by atoms with Gasteiger partial charge in [0.2, 0.25) is 11.2 Å². The van der Waals surface area contributed by atoms with Gasteiger partial charge in [-0.1, -0.05) is 0 Å². The molecule has 0 radical (unpaired) electrons. The van der Waals surface area contributed by atoms with Gasteiger partial charge >= 0.3 is 5.97 Å². The van der Waals surface area contributed by atoms with E-state index in [9.17, 15) is 4.79 Å². The van der Waals surface area contributed by atoms with Crippen molar-refractivity contribution >= 4 is 17.6 Å². The molecule has 3 rings (SSSR count). The Morgan fingerprint density at radius 1 is 1.20 bits per heavy atom. The van der Waals surface area contributed by atoms with Gasteiger partial charge in [-0.15, -0.1) is 0 Å². The number of aromatic nitrogens is 2. The predicted octanol–water partition coefficient (Wildman–Crippen LogP) is 3.11. The molecule has 0 aliphatic heterocycles. The number of carboxylic acid groups (broad SMARTS) is 1. The Kier molecular flexibility index (Phi) is 3.28. The lowest BCUT2D eigenvalue weighted by Crippen LogP contribution is -1.99. The van der Waals surface area contributed by atoms with Gasteiger partial charge in [-0.3, -0.25) is 0 Å². The molecule has 1 aliphatic carbocycles. The second kappa shape index (κ2) is 5.09. The number of aryl methyl sites for hydroxylation is 1. The van der Waals surface area contributed by atoms with Crippen LogP contribution in [-0.4, -0.2) is 21.0 Å². The lowest BCUT2D eigenvalue weighted by Gasteiger charge is -2.09. The Morgan fingerprint density at radius 2 is 1.95 bits per heavy atom. The maximum Gasteiger partial charge on any atom is 0.335 e. The molecule has 0 fully saturated rings. The van der Waals surface area contributed by atoms with Crippen molar-refractivity contribution in [3.63, 3.8) is 0 Å². The molecule has 0 amide bonds. The molecule has 1 aliphatic rings. The molecule has 0 unspecified atom stereocenters. The van der Waals surface area contributed by atoms with E-state index < -0.39 is 5.97 Å². The summed E-state index contributed by atoms with van der Waals surface area (Å²) in [5.74, 6) is 0.0157. The number of hydrogen-bond donors (Lipinski definition) is 1. The number of rotatable bonds is 3. The number of ether oxygens (including phenoxy) is 1. The molecular weight excluding hydrogens is 280 g/mol. The van der Waals surface area contributed by atoms with Crippen molar-refractivity contribution in [2.45, 2.75) is 19.3 Å². The topological polar surface area (TPSA) is 72.3 Å². The van der Waals surface area contributed by atoms with Crippen LogP contribution >= 0.6 is 11.6 Å². The maximum atomic E-state index is 10.8. The summed E-state index contributed by atoms with van der Waals surface area (Å²) in [5, 5.41) is 9.02. The second-order valence-corrected chi connectivity index (χ2v) is 4.85. The largest absolute Gasteiger partial charge is 0.478 e. The van der Waals surface area contributed by atoms with Gasteiger partial charge in [0.15, 0.2) is 0 Å². The minimum absolute atomic E-state index is 0.169. The normalized spacial score (nSPS) is 13.1. The molecule has 1 aromatic carbocycles. The number of aromatic carboxylic acids is 1. The first-order valence-electron chi connectivity index (χ1n) is 6.20. The molecule has 0 saturated heterocycles. The van der Waals surface area contributed by atoms with Crippen molar-refractivity contribution < 1.29 is 14.6 Å². The van der Waals surface area contributed by atoms with Gasteiger partial charge in [-0.25, -0.2) is 9.78 Å². The van der Waals surface area contributed by atoms with E-state index in [4.69, 9.17) is 21.4 Å². The van der Waals surface area contributed by atoms with Gasteiger partial charge in [-0.05, 0) is 55.1 Å². The average molecular weight is 291 g/mol. The number of halogens is 1. The van der Waals surface area contributed by atoms with Crippen LogP contribution in [0.25, 0.3) is 0 Å². The highest BCUT2D eigenvalue weighted by Crippen LogP contribution is 2.32. The van der Waals surface area contributed by atoms with Gasteiger partial charge in [0.25, 0.3) is 0 Å². The van der Waals surface area contributed by atoms with Crippen LogP contribution in [0.4, 0.5) is 0 Å². The molecular formula is C14H11ClN2O3. The monoisotopic (exact) mass is 290 g/mol. The molecule has 0 saturated carbocycles. The van der Waals surface area contributed by atoms with Crippen molar-refractivity contribution in [1.82, 2.24) is 9.97 Å². The summed E-state index contributed by atoms with van der Waals surface area (Å²) >= 11 is 5.88. The van der Waals surface area contributed by atoms with Crippen molar-refractivity contribution in [2.24, 2.45) is 0 Å². The molecule has 0 spiro atoms. The fourth-order valence-corrected chi connectivity index (χ4v) is 2.41. The Hall–Kier alpha value is -2.14. The van der Waals surface area contributed by atoms with E-state index in [0.717, 1.165) is 30.5 Å². The standard InChI is InChI=1S/C14H11ClN2O3/c15-14-16-11-3-1-2-10(11)12(17-14)20-9-6-4-8(5-7-9)13(18)19/h4-7H,1-3H2,(H,18,19). The van der Waals surface area contributed by atoms with Crippen LogP contribution in [-0.2, 0) is 12.8 Å². The number of carboxylic acids is 1. The number of carbonyl (C=O) groups is 1. The summed E-state index contributed by atoms with van der Waals surface area (Å²) in [6.45, 7) is 0. The average Bonchev–Trinajstić information content (AvgIpc) is 2.87. The zero-order chi connectivity index (χ0) is 14.1. The highest BCUT2D eigenvalue weighted by atomic mass is 35.5. The van der Waals surface area contributed by atoms with Crippen LogP contribution in [0.5, 0.6) is 11.6 Å². The highest BCUT2D eigenvalue weighted by Gasteiger charge is 2.20. The third kappa shape index (κ3) is 2.44. The van der Waals surface area contributed by atoms with Crippen molar-refractivity contribution in [3.05, 3.63) is 46.4 Å². The van der Waals surface area contributed by atoms with E-state index in [1.54, 1.807) is 12.1 Å². The Balaban J connectivity index is 1.90. The second-order valence-electron chi connectivity index (χ2n) is 4.51. The van der Waals surface area contributed by atoms with Crippen LogP contribution in [0.1, 0.15) is 28.0 Å². The van der Waals surface area contributed by atoms with Crippen LogP contribution in [0.2, 0.25) is 5.28 Å². The first-order chi connectivity index (χ1) is 9.63. The van der Waals surface area contributed by atoms with Crippen LogP contribution in [0.3, 0.4) is 0 Å². The van der Waals surface area contributed by atoms with E-state index in [-0.39, 0.29) is 10.8 Å². The Bertz CT molecular complexity index is 671. The zero-order valence-electron chi connectivity index (χ0n) is 10.5. The number of nitrogens with zero attached hydrogens (tertiary/aromatic N) is 2. The first kappa shape index (κ1) is 12.9. The van der Waals surface area contributed by atoms with Crippen LogP contribution in [0.15, 0.2) is 24.3 Å². The van der Waals surface area contributed by atoms with Gasteiger partial charge < -0.3 is 9.84 Å². The summed E-state index contributed by atoms with van der Waals surface area (Å²) in [6, 6.07) is 6.17. The molecule has 6 heteroatoms. The summed E-state index contributed by atoms with van der Waals surface area (Å²) in [6.07, 6.45) is 2.76. The summed E-state index contributed by atoms with van der Waals surface area (Å²) < 4.78 is 5.71. The quantitative estimate of drug-likeness (QED) is 0.879. The highest BCUT2D eigenvalue weighted by molar-refractivity contribution is 6.28. The van der Waals surface area contributed by atoms with Gasteiger partial charge in [0.1, 0.15) is 5.75 Å². The maximum absolute atomic E-state index is 10.8.